The highest BCUT2D eigenvalue weighted by atomic mass is 19.1. The lowest BCUT2D eigenvalue weighted by molar-refractivity contribution is 0.627. The van der Waals surface area contributed by atoms with E-state index >= 15 is 0 Å². The van der Waals surface area contributed by atoms with Crippen molar-refractivity contribution in [2.75, 3.05) is 9.80 Å². The molecule has 0 N–H and O–H groups in total. The van der Waals surface area contributed by atoms with Gasteiger partial charge in [-0.3, -0.25) is 9.80 Å². The molecule has 10 aromatic rings. The summed E-state index contributed by atoms with van der Waals surface area (Å²) in [5.41, 5.74) is 22.0. The molecular weight excluding hydrogens is 955 g/mol. The van der Waals surface area contributed by atoms with Gasteiger partial charge in [0.25, 0.3) is 0 Å². The van der Waals surface area contributed by atoms with E-state index in [0.29, 0.717) is 11.9 Å². The van der Waals surface area contributed by atoms with Crippen LogP contribution in [-0.4, -0.2) is 29.9 Å². The fourth-order valence-corrected chi connectivity index (χ4v) is 12.0. The Kier molecular flexibility index (Phi) is 11.1. The van der Waals surface area contributed by atoms with Gasteiger partial charge in [-0.05, 0) is 162 Å². The van der Waals surface area contributed by atoms with Gasteiger partial charge in [0.15, 0.2) is 0 Å². The summed E-state index contributed by atoms with van der Waals surface area (Å²) in [6.45, 7) is 13.8. The van der Waals surface area contributed by atoms with Gasteiger partial charge < -0.3 is 0 Å². The van der Waals surface area contributed by atoms with Crippen molar-refractivity contribution in [1.29, 1.82) is 0 Å². The summed E-state index contributed by atoms with van der Waals surface area (Å²) < 4.78 is 28.1. The quantitative estimate of drug-likeness (QED) is 0.125. The molecule has 2 heterocycles. The van der Waals surface area contributed by atoms with Crippen molar-refractivity contribution in [1.82, 2.24) is 29.9 Å². The molecule has 0 atom stereocenters. The number of aromatic nitrogens is 6. The molecule has 0 saturated carbocycles. The number of fused-ring (bicyclic) bond motifs is 9. The standard InChI is InChI=1S/C67H52F2N8/c1-65(2)57-31-41(7-9-43-13-27-53-55-29-23-49(35-61(55)66(3,4)59(53)33-43)76(63-72-37-70-38-73-63)47-19-15-45(68)16-20-47)11-25-51(57)52-26-12-42(32-58(52)65)8-10-44-14-28-54-56-30-24-50(36-62(56)67(5,6)60(54)34-44)77(64-74-39-71-40-75-64)48-21-17-46(69)18-22-48/h7-40H,1-6H3. The van der Waals surface area contributed by atoms with E-state index in [1.165, 1.54) is 116 Å². The van der Waals surface area contributed by atoms with Gasteiger partial charge in [0.05, 0.1) is 0 Å². The Labute approximate surface area is 446 Å². The van der Waals surface area contributed by atoms with Crippen LogP contribution in [-0.2, 0) is 16.2 Å². The van der Waals surface area contributed by atoms with Crippen LogP contribution in [0.2, 0.25) is 0 Å². The maximum Gasteiger partial charge on any atom is 0.237 e. The number of rotatable bonds is 10. The Bertz CT molecular complexity index is 3780. The zero-order chi connectivity index (χ0) is 52.8. The largest absolute Gasteiger partial charge is 0.279 e. The summed E-state index contributed by atoms with van der Waals surface area (Å²) >= 11 is 0. The fraction of sp³-hybridized carbons (Fsp3) is 0.134. The van der Waals surface area contributed by atoms with Gasteiger partial charge >= 0.3 is 0 Å². The van der Waals surface area contributed by atoms with Gasteiger partial charge in [-0.25, -0.2) is 38.7 Å². The van der Waals surface area contributed by atoms with Gasteiger partial charge in [0.1, 0.15) is 36.9 Å². The summed E-state index contributed by atoms with van der Waals surface area (Å²) in [7, 11) is 0. The highest BCUT2D eigenvalue weighted by Gasteiger charge is 2.39. The molecule has 0 amide bonds. The number of hydrogen-bond donors (Lipinski definition) is 0. The van der Waals surface area contributed by atoms with E-state index in [1.54, 1.807) is 24.3 Å². The summed E-state index contributed by atoms with van der Waals surface area (Å²) in [5, 5.41) is 0. The van der Waals surface area contributed by atoms with E-state index < -0.39 is 0 Å². The van der Waals surface area contributed by atoms with E-state index in [-0.39, 0.29) is 27.9 Å². The molecule has 8 nitrogen and oxygen atoms in total. The van der Waals surface area contributed by atoms with E-state index in [1.807, 2.05) is 9.80 Å². The smallest absolute Gasteiger partial charge is 0.237 e. The number of hydrogen-bond acceptors (Lipinski definition) is 8. The lowest BCUT2D eigenvalue weighted by Crippen LogP contribution is -2.17. The van der Waals surface area contributed by atoms with E-state index in [9.17, 15) is 8.78 Å². The second-order valence-corrected chi connectivity index (χ2v) is 21.7. The predicted molar refractivity (Wildman–Crippen MR) is 306 cm³/mol. The summed E-state index contributed by atoms with van der Waals surface area (Å²) in [6.07, 6.45) is 14.8. The number of halogens is 2. The van der Waals surface area contributed by atoms with Gasteiger partial charge in [0, 0.05) is 39.0 Å². The maximum absolute atomic E-state index is 14.0. The molecule has 0 spiro atoms. The molecule has 0 bridgehead atoms. The lowest BCUT2D eigenvalue weighted by atomic mass is 9.81. The van der Waals surface area contributed by atoms with Gasteiger partial charge in [-0.2, -0.15) is 0 Å². The molecule has 0 aliphatic heterocycles. The van der Waals surface area contributed by atoms with Crippen molar-refractivity contribution in [2.24, 2.45) is 0 Å². The van der Waals surface area contributed by atoms with Crippen molar-refractivity contribution in [3.63, 3.8) is 0 Å². The van der Waals surface area contributed by atoms with E-state index in [4.69, 9.17) is 0 Å². The first-order valence-corrected chi connectivity index (χ1v) is 25.8. The van der Waals surface area contributed by atoms with Crippen LogP contribution in [0.3, 0.4) is 0 Å². The highest BCUT2D eigenvalue weighted by molar-refractivity contribution is 5.89. The molecule has 77 heavy (non-hydrogen) atoms. The number of benzene rings is 8. The summed E-state index contributed by atoms with van der Waals surface area (Å²) in [6, 6.07) is 53.0. The van der Waals surface area contributed by atoms with Crippen LogP contribution in [0.4, 0.5) is 43.4 Å². The first-order chi connectivity index (χ1) is 37.2. The lowest BCUT2D eigenvalue weighted by Gasteiger charge is -2.26. The van der Waals surface area contributed by atoms with Gasteiger partial charge in [0.2, 0.25) is 11.9 Å². The second-order valence-electron chi connectivity index (χ2n) is 21.7. The molecule has 0 unspecified atom stereocenters. The minimum Gasteiger partial charge on any atom is -0.279 e. The zero-order valence-electron chi connectivity index (χ0n) is 43.5. The SMILES string of the molecule is CC1(C)c2cc(C=Cc3ccc4c(c3)C(C)(C)c3cc(N(c5ccc(F)cc5)c5ncncn5)ccc3-4)ccc2-c2ccc(C=Cc3ccc4c(c3)C(C)(C)c3cc(N(c5ccc(F)cc5)c5ncncn5)ccc3-4)cc21. The normalized spacial score (nSPS) is 14.7. The van der Waals surface area contributed by atoms with Gasteiger partial charge in [-0.1, -0.05) is 151 Å². The van der Waals surface area contributed by atoms with Crippen molar-refractivity contribution >= 4 is 59.0 Å². The van der Waals surface area contributed by atoms with Crippen LogP contribution in [0.25, 0.3) is 57.7 Å². The van der Waals surface area contributed by atoms with E-state index in [0.717, 1.165) is 45.0 Å². The summed E-state index contributed by atoms with van der Waals surface area (Å²) in [4.78, 5) is 29.8. The minimum atomic E-state index is -0.305. The number of nitrogens with zero attached hydrogens (tertiary/aromatic N) is 8. The Morgan fingerprint density at radius 2 is 0.558 bits per heavy atom. The van der Waals surface area contributed by atoms with Crippen LogP contribution in [0.1, 0.15) is 97.2 Å². The molecule has 0 saturated heterocycles. The first-order valence-electron chi connectivity index (χ1n) is 25.8. The van der Waals surface area contributed by atoms with Crippen molar-refractivity contribution in [3.8, 4) is 33.4 Å². The van der Waals surface area contributed by atoms with E-state index in [2.05, 4.69) is 205 Å². The molecule has 13 rings (SSSR count). The molecule has 374 valence electrons. The van der Waals surface area contributed by atoms with Gasteiger partial charge in [-0.15, -0.1) is 0 Å². The van der Waals surface area contributed by atoms with Crippen LogP contribution < -0.4 is 9.80 Å². The topological polar surface area (TPSA) is 83.8 Å². The third-order valence-electron chi connectivity index (χ3n) is 16.1. The molecular formula is C67H52F2N8. The molecule has 10 heteroatoms. The van der Waals surface area contributed by atoms with Crippen molar-refractivity contribution in [2.45, 2.75) is 57.8 Å². The van der Waals surface area contributed by atoms with Crippen LogP contribution in [0.5, 0.6) is 0 Å². The second kappa shape index (κ2) is 17.9. The van der Waals surface area contributed by atoms with Crippen LogP contribution in [0, 0.1) is 11.6 Å². The van der Waals surface area contributed by atoms with Crippen molar-refractivity contribution in [3.05, 3.63) is 250 Å². The average Bonchev–Trinajstić information content (AvgIpc) is 4.07. The van der Waals surface area contributed by atoms with Crippen molar-refractivity contribution < 1.29 is 8.78 Å². The average molecular weight is 1010 g/mol. The fourth-order valence-electron chi connectivity index (χ4n) is 12.0. The molecule has 3 aliphatic rings. The molecule has 8 aromatic carbocycles. The number of anilines is 6. The predicted octanol–water partition coefficient (Wildman–Crippen LogP) is 16.5. The molecule has 0 fully saturated rings. The molecule has 0 radical (unpaired) electrons. The monoisotopic (exact) mass is 1010 g/mol. The Hall–Kier alpha value is -9.28. The van der Waals surface area contributed by atoms with Crippen LogP contribution in [0.15, 0.2) is 183 Å². The third-order valence-corrected chi connectivity index (χ3v) is 16.1. The Balaban J connectivity index is 0.730. The molecule has 3 aliphatic carbocycles. The third kappa shape index (κ3) is 8.02. The first kappa shape index (κ1) is 47.4. The molecule has 2 aromatic heterocycles. The summed E-state index contributed by atoms with van der Waals surface area (Å²) in [5.74, 6) is 0.301. The Morgan fingerprint density at radius 1 is 0.312 bits per heavy atom. The highest BCUT2D eigenvalue weighted by Crippen LogP contribution is 2.54. The minimum absolute atomic E-state index is 0.200. The Morgan fingerprint density at radius 3 is 0.844 bits per heavy atom. The zero-order valence-corrected chi connectivity index (χ0v) is 43.5. The van der Waals surface area contributed by atoms with Crippen LogP contribution >= 0.6 is 0 Å². The maximum atomic E-state index is 14.0.